The predicted octanol–water partition coefficient (Wildman–Crippen LogP) is 2.73. The summed E-state index contributed by atoms with van der Waals surface area (Å²) in [5.41, 5.74) is 5.98. The van der Waals surface area contributed by atoms with Gasteiger partial charge in [-0.25, -0.2) is 4.98 Å². The van der Waals surface area contributed by atoms with E-state index in [0.717, 1.165) is 30.9 Å². The summed E-state index contributed by atoms with van der Waals surface area (Å²) in [6, 6.07) is 12.7. The Balaban J connectivity index is 1.65. The summed E-state index contributed by atoms with van der Waals surface area (Å²) in [7, 11) is 0. The van der Waals surface area contributed by atoms with Gasteiger partial charge in [-0.15, -0.1) is 0 Å². The maximum absolute atomic E-state index is 9.92. The second kappa shape index (κ2) is 5.80. The van der Waals surface area contributed by atoms with Crippen LogP contribution in [0.15, 0.2) is 48.8 Å². The summed E-state index contributed by atoms with van der Waals surface area (Å²) in [6.07, 6.45) is 5.06. The Labute approximate surface area is 136 Å². The molecule has 1 unspecified atom stereocenters. The molecule has 3 heterocycles. The molecule has 3 aromatic rings. The quantitative estimate of drug-likeness (QED) is 0.809. The van der Waals surface area contributed by atoms with Gasteiger partial charge in [0.25, 0.3) is 0 Å². The number of aliphatic hydroxyl groups excluding tert-OH is 1. The smallest absolute Gasteiger partial charge is 0.137 e. The summed E-state index contributed by atoms with van der Waals surface area (Å²) in [5.74, 6) is 0. The van der Waals surface area contributed by atoms with Crippen molar-refractivity contribution >= 4 is 5.65 Å². The van der Waals surface area contributed by atoms with Crippen molar-refractivity contribution in [3.8, 4) is 0 Å². The SMILES string of the molecule is Cc1ccn2c(CN3CCc4ccccc4C3CO)cnc2c1. The van der Waals surface area contributed by atoms with Gasteiger partial charge in [-0.3, -0.25) is 4.90 Å². The van der Waals surface area contributed by atoms with Crippen LogP contribution in [0.1, 0.15) is 28.4 Å². The van der Waals surface area contributed by atoms with Crippen molar-refractivity contribution in [3.05, 3.63) is 71.2 Å². The molecule has 1 aliphatic heterocycles. The first-order valence-corrected chi connectivity index (χ1v) is 8.11. The van der Waals surface area contributed by atoms with Crippen LogP contribution in [0.2, 0.25) is 0 Å². The molecule has 4 nitrogen and oxygen atoms in total. The standard InChI is InChI=1S/C19H21N3O/c1-14-6-9-22-16(11-20-19(22)10-14)12-21-8-7-15-4-2-3-5-17(15)18(21)13-23/h2-6,9-11,18,23H,7-8,12-13H2,1H3. The highest BCUT2D eigenvalue weighted by atomic mass is 16.3. The van der Waals surface area contributed by atoms with Gasteiger partial charge in [0, 0.05) is 19.3 Å². The van der Waals surface area contributed by atoms with Crippen molar-refractivity contribution in [1.29, 1.82) is 0 Å². The van der Waals surface area contributed by atoms with Gasteiger partial charge in [-0.1, -0.05) is 24.3 Å². The molecule has 0 fully saturated rings. The Hall–Kier alpha value is -2.17. The lowest BCUT2D eigenvalue weighted by Gasteiger charge is -2.36. The average Bonchev–Trinajstić information content (AvgIpc) is 2.96. The van der Waals surface area contributed by atoms with E-state index in [-0.39, 0.29) is 12.6 Å². The van der Waals surface area contributed by atoms with E-state index in [4.69, 9.17) is 0 Å². The molecule has 0 radical (unpaired) electrons. The second-order valence-corrected chi connectivity index (χ2v) is 6.30. The van der Waals surface area contributed by atoms with E-state index >= 15 is 0 Å². The monoisotopic (exact) mass is 307 g/mol. The van der Waals surface area contributed by atoms with Crippen LogP contribution in [-0.2, 0) is 13.0 Å². The maximum atomic E-state index is 9.92. The van der Waals surface area contributed by atoms with Crippen LogP contribution in [0, 0.1) is 6.92 Å². The lowest BCUT2D eigenvalue weighted by Crippen LogP contribution is -2.37. The van der Waals surface area contributed by atoms with Gasteiger partial charge in [0.2, 0.25) is 0 Å². The second-order valence-electron chi connectivity index (χ2n) is 6.30. The van der Waals surface area contributed by atoms with E-state index < -0.39 is 0 Å². The minimum atomic E-state index is 0.0657. The Morgan fingerprint density at radius 1 is 1.26 bits per heavy atom. The number of aryl methyl sites for hydroxylation is 1. The van der Waals surface area contributed by atoms with E-state index in [0.29, 0.717) is 0 Å². The highest BCUT2D eigenvalue weighted by Gasteiger charge is 2.27. The molecule has 0 amide bonds. The first-order chi connectivity index (χ1) is 11.3. The first-order valence-electron chi connectivity index (χ1n) is 8.11. The molecule has 0 saturated heterocycles. The highest BCUT2D eigenvalue weighted by Crippen LogP contribution is 2.30. The third-order valence-electron chi connectivity index (χ3n) is 4.81. The highest BCUT2D eigenvalue weighted by molar-refractivity contribution is 5.43. The van der Waals surface area contributed by atoms with Crippen molar-refractivity contribution in [2.75, 3.05) is 13.2 Å². The van der Waals surface area contributed by atoms with Crippen LogP contribution in [0.4, 0.5) is 0 Å². The zero-order chi connectivity index (χ0) is 15.8. The van der Waals surface area contributed by atoms with E-state index in [1.165, 1.54) is 16.7 Å². The fourth-order valence-electron chi connectivity index (χ4n) is 3.57. The minimum absolute atomic E-state index is 0.0657. The van der Waals surface area contributed by atoms with Crippen LogP contribution in [-0.4, -0.2) is 32.5 Å². The van der Waals surface area contributed by atoms with Crippen LogP contribution in [0.5, 0.6) is 0 Å². The molecule has 4 rings (SSSR count). The summed E-state index contributed by atoms with van der Waals surface area (Å²) in [6.45, 7) is 3.98. The predicted molar refractivity (Wildman–Crippen MR) is 90.3 cm³/mol. The Morgan fingerprint density at radius 3 is 3.00 bits per heavy atom. The van der Waals surface area contributed by atoms with Crippen molar-refractivity contribution in [2.24, 2.45) is 0 Å². The molecule has 2 aromatic heterocycles. The molecule has 4 heteroatoms. The lowest BCUT2D eigenvalue weighted by molar-refractivity contribution is 0.107. The zero-order valence-electron chi connectivity index (χ0n) is 13.3. The summed E-state index contributed by atoms with van der Waals surface area (Å²) < 4.78 is 2.14. The van der Waals surface area contributed by atoms with Gasteiger partial charge in [0.1, 0.15) is 5.65 Å². The van der Waals surface area contributed by atoms with Gasteiger partial charge >= 0.3 is 0 Å². The van der Waals surface area contributed by atoms with Gasteiger partial charge in [0.05, 0.1) is 24.5 Å². The molecule has 0 bridgehead atoms. The van der Waals surface area contributed by atoms with E-state index in [1.54, 1.807) is 0 Å². The number of hydrogen-bond donors (Lipinski definition) is 1. The summed E-state index contributed by atoms with van der Waals surface area (Å²) in [4.78, 5) is 6.87. The number of aromatic nitrogens is 2. The maximum Gasteiger partial charge on any atom is 0.137 e. The van der Waals surface area contributed by atoms with Gasteiger partial charge in [-0.2, -0.15) is 0 Å². The normalized spacial score (nSPS) is 18.3. The third kappa shape index (κ3) is 2.54. The molecule has 118 valence electrons. The number of aliphatic hydroxyl groups is 1. The Bertz CT molecular complexity index is 840. The van der Waals surface area contributed by atoms with E-state index in [9.17, 15) is 5.11 Å². The molecule has 1 aromatic carbocycles. The van der Waals surface area contributed by atoms with Gasteiger partial charge in [0.15, 0.2) is 0 Å². The number of fused-ring (bicyclic) bond motifs is 2. The number of imidazole rings is 1. The zero-order valence-corrected chi connectivity index (χ0v) is 13.3. The molecule has 0 spiro atoms. The van der Waals surface area contributed by atoms with Crippen molar-refractivity contribution in [2.45, 2.75) is 25.9 Å². The fourth-order valence-corrected chi connectivity index (χ4v) is 3.57. The number of nitrogens with zero attached hydrogens (tertiary/aromatic N) is 3. The number of hydrogen-bond acceptors (Lipinski definition) is 3. The Morgan fingerprint density at radius 2 is 2.13 bits per heavy atom. The third-order valence-corrected chi connectivity index (χ3v) is 4.81. The molecule has 23 heavy (non-hydrogen) atoms. The van der Waals surface area contributed by atoms with Crippen molar-refractivity contribution < 1.29 is 5.11 Å². The largest absolute Gasteiger partial charge is 0.394 e. The number of pyridine rings is 1. The number of benzene rings is 1. The van der Waals surface area contributed by atoms with Gasteiger partial charge in [-0.05, 0) is 42.2 Å². The minimum Gasteiger partial charge on any atom is -0.394 e. The van der Waals surface area contributed by atoms with E-state index in [2.05, 4.69) is 63.8 Å². The van der Waals surface area contributed by atoms with Crippen LogP contribution in [0.3, 0.4) is 0 Å². The molecule has 1 atom stereocenters. The number of rotatable bonds is 3. The molecule has 1 N–H and O–H groups in total. The van der Waals surface area contributed by atoms with Crippen molar-refractivity contribution in [1.82, 2.24) is 14.3 Å². The van der Waals surface area contributed by atoms with Crippen LogP contribution in [0.25, 0.3) is 5.65 Å². The van der Waals surface area contributed by atoms with Gasteiger partial charge < -0.3 is 9.51 Å². The topological polar surface area (TPSA) is 40.8 Å². The summed E-state index contributed by atoms with van der Waals surface area (Å²) in [5, 5.41) is 9.92. The summed E-state index contributed by atoms with van der Waals surface area (Å²) >= 11 is 0. The molecule has 1 aliphatic rings. The fraction of sp³-hybridized carbons (Fsp3) is 0.316. The van der Waals surface area contributed by atoms with E-state index in [1.807, 2.05) is 6.20 Å². The molecule has 0 aliphatic carbocycles. The Kier molecular flexibility index (Phi) is 3.63. The average molecular weight is 307 g/mol. The van der Waals surface area contributed by atoms with Crippen LogP contribution >= 0.6 is 0 Å². The van der Waals surface area contributed by atoms with Crippen molar-refractivity contribution in [3.63, 3.8) is 0 Å². The lowest BCUT2D eigenvalue weighted by atomic mass is 9.93. The molecular formula is C19H21N3O. The van der Waals surface area contributed by atoms with Crippen LogP contribution < -0.4 is 0 Å². The molecule has 0 saturated carbocycles. The molecular weight excluding hydrogens is 286 g/mol. The first kappa shape index (κ1) is 14.4.